The number of hydrogen-bond acceptors (Lipinski definition) is 9. The number of hydrogen-bond donors (Lipinski definition) is 0. The Balaban J connectivity index is 1.21. The molecule has 0 unspecified atom stereocenters. The summed E-state index contributed by atoms with van der Waals surface area (Å²) >= 11 is 13.3. The molecule has 6 aromatic rings. The number of aromatic nitrogens is 1. The first-order valence-electron chi connectivity index (χ1n) is 15.0. The minimum Gasteiger partial charge on any atom is -0.545 e. The van der Waals surface area contributed by atoms with E-state index in [1.54, 1.807) is 70.9 Å². The summed E-state index contributed by atoms with van der Waals surface area (Å²) in [4.78, 5) is 27.8. The van der Waals surface area contributed by atoms with E-state index in [1.807, 2.05) is 36.4 Å². The average molecular weight is 726 g/mol. The van der Waals surface area contributed by atoms with E-state index in [9.17, 15) is 19.8 Å². The van der Waals surface area contributed by atoms with Gasteiger partial charge >= 0.3 is 0 Å². The predicted octanol–water partition coefficient (Wildman–Crippen LogP) is 7.22. The van der Waals surface area contributed by atoms with Crippen molar-refractivity contribution in [2.45, 2.75) is 21.2 Å². The quantitative estimate of drug-likeness (QED) is 0.102. The van der Waals surface area contributed by atoms with Crippen LogP contribution in [-0.2, 0) is 6.54 Å². The second-order valence-electron chi connectivity index (χ2n) is 10.9. The van der Waals surface area contributed by atoms with Gasteiger partial charge in [0, 0.05) is 32.0 Å². The van der Waals surface area contributed by atoms with Crippen molar-refractivity contribution in [2.24, 2.45) is 0 Å². The van der Waals surface area contributed by atoms with E-state index >= 15 is 0 Å². The molecule has 0 aliphatic carbocycles. The zero-order valence-electron chi connectivity index (χ0n) is 25.3. The van der Waals surface area contributed by atoms with Crippen molar-refractivity contribution in [2.75, 3.05) is 23.0 Å². The molecule has 0 fully saturated rings. The number of benzene rings is 5. The summed E-state index contributed by atoms with van der Waals surface area (Å²) in [5.74, 6) is -0.786. The minimum absolute atomic E-state index is 0.167. The second-order valence-corrected chi connectivity index (χ2v) is 15.8. The van der Waals surface area contributed by atoms with Gasteiger partial charge in [0.15, 0.2) is 6.54 Å². The lowest BCUT2D eigenvalue weighted by Gasteiger charge is -2.20. The molecule has 1 aliphatic heterocycles. The highest BCUT2D eigenvalue weighted by atomic mass is 35.5. The van der Waals surface area contributed by atoms with E-state index in [0.717, 1.165) is 55.0 Å². The SMILES string of the molecule is O=C([O-])c1ccc(SCCN2C(=Cc3sc4ccc5ccccc5c4[n+]3CCSc3ccc(C(=O)[O-])cc3)Sc3ccc(Cl)cc32)cc1. The normalized spacial score (nSPS) is 13.4. The lowest BCUT2D eigenvalue weighted by atomic mass is 10.1. The monoisotopic (exact) mass is 725 g/mol. The van der Waals surface area contributed by atoms with Gasteiger partial charge in [-0.25, -0.2) is 0 Å². The van der Waals surface area contributed by atoms with Gasteiger partial charge in [0.05, 0.1) is 39.9 Å². The maximum Gasteiger partial charge on any atom is 0.265 e. The third-order valence-electron chi connectivity index (χ3n) is 7.90. The molecule has 2 heterocycles. The molecule has 7 rings (SSSR count). The summed E-state index contributed by atoms with van der Waals surface area (Å²) in [6.07, 6.45) is 2.27. The first kappa shape index (κ1) is 32.6. The number of carbonyl (C=O) groups is 2. The van der Waals surface area contributed by atoms with E-state index in [1.165, 1.54) is 21.0 Å². The van der Waals surface area contributed by atoms with Gasteiger partial charge in [-0.1, -0.05) is 83.2 Å². The molecule has 0 saturated heterocycles. The molecule has 6 nitrogen and oxygen atoms in total. The molecule has 0 radical (unpaired) electrons. The Morgan fingerprint density at radius 2 is 1.48 bits per heavy atom. The second kappa shape index (κ2) is 14.3. The van der Waals surface area contributed by atoms with Crippen LogP contribution in [0.3, 0.4) is 0 Å². The number of carbonyl (C=O) groups excluding carboxylic acids is 2. The zero-order chi connectivity index (χ0) is 33.2. The number of thiazole rings is 1. The number of carboxylic acids is 2. The van der Waals surface area contributed by atoms with Gasteiger partial charge in [0.2, 0.25) is 5.52 Å². The summed E-state index contributed by atoms with van der Waals surface area (Å²) in [6, 6.07) is 32.4. The summed E-state index contributed by atoms with van der Waals surface area (Å²) < 4.78 is 3.61. The molecule has 0 bridgehead atoms. The number of carboxylic acid groups (broad SMARTS) is 2. The van der Waals surface area contributed by atoms with E-state index in [-0.39, 0.29) is 11.1 Å². The van der Waals surface area contributed by atoms with Crippen LogP contribution in [0.2, 0.25) is 5.02 Å². The Bertz CT molecular complexity index is 2200. The van der Waals surface area contributed by atoms with Crippen LogP contribution in [-0.4, -0.2) is 30.0 Å². The van der Waals surface area contributed by atoms with Crippen LogP contribution in [0.4, 0.5) is 5.69 Å². The van der Waals surface area contributed by atoms with Gasteiger partial charge in [-0.2, -0.15) is 4.57 Å². The first-order chi connectivity index (χ1) is 23.3. The van der Waals surface area contributed by atoms with Gasteiger partial charge in [-0.15, -0.1) is 23.5 Å². The third-order valence-corrected chi connectivity index (χ3v) is 12.3. The van der Waals surface area contributed by atoms with E-state index in [0.29, 0.717) is 5.02 Å². The predicted molar refractivity (Wildman–Crippen MR) is 195 cm³/mol. The van der Waals surface area contributed by atoms with Crippen molar-refractivity contribution >= 4 is 103 Å². The molecule has 0 saturated carbocycles. The van der Waals surface area contributed by atoms with Crippen LogP contribution in [0, 0.1) is 0 Å². The molecule has 0 amide bonds. The Morgan fingerprint density at radius 3 is 2.17 bits per heavy atom. The number of nitrogens with zero attached hydrogens (tertiary/aromatic N) is 2. The maximum absolute atomic E-state index is 11.2. The molecule has 11 heteroatoms. The molecule has 1 aromatic heterocycles. The van der Waals surface area contributed by atoms with Crippen LogP contribution in [0.25, 0.3) is 27.1 Å². The summed E-state index contributed by atoms with van der Waals surface area (Å²) in [7, 11) is 0. The number of rotatable bonds is 11. The van der Waals surface area contributed by atoms with Gasteiger partial charge in [0.25, 0.3) is 5.01 Å². The molecule has 1 aliphatic rings. The molecule has 0 N–H and O–H groups in total. The lowest BCUT2D eigenvalue weighted by Crippen LogP contribution is -2.36. The van der Waals surface area contributed by atoms with E-state index in [4.69, 9.17) is 11.6 Å². The smallest absolute Gasteiger partial charge is 0.265 e. The Hall–Kier alpha value is -3.93. The highest BCUT2D eigenvalue weighted by Crippen LogP contribution is 2.48. The largest absolute Gasteiger partial charge is 0.545 e. The van der Waals surface area contributed by atoms with Crippen molar-refractivity contribution in [1.29, 1.82) is 0 Å². The highest BCUT2D eigenvalue weighted by molar-refractivity contribution is 8.04. The Labute approximate surface area is 299 Å². The van der Waals surface area contributed by atoms with Crippen molar-refractivity contribution < 1.29 is 24.4 Å². The molecule has 240 valence electrons. The molecule has 5 aromatic carbocycles. The van der Waals surface area contributed by atoms with Crippen LogP contribution in [0.5, 0.6) is 0 Å². The fourth-order valence-corrected chi connectivity index (χ4v) is 9.77. The van der Waals surface area contributed by atoms with Crippen LogP contribution in [0.15, 0.2) is 123 Å². The third kappa shape index (κ3) is 6.95. The minimum atomic E-state index is -1.18. The topological polar surface area (TPSA) is 87.4 Å². The fourth-order valence-electron chi connectivity index (χ4n) is 5.61. The zero-order valence-corrected chi connectivity index (χ0v) is 29.3. The fraction of sp³-hybridized carbons (Fsp3) is 0.108. The first-order valence-corrected chi connectivity index (χ1v) is 19.0. The maximum atomic E-state index is 11.2. The number of thioether (sulfide) groups is 3. The average Bonchev–Trinajstić information content (AvgIpc) is 3.62. The summed E-state index contributed by atoms with van der Waals surface area (Å²) in [5.41, 5.74) is 2.61. The summed E-state index contributed by atoms with van der Waals surface area (Å²) in [6.45, 7) is 1.48. The van der Waals surface area contributed by atoms with Crippen LogP contribution < -0.4 is 19.7 Å². The van der Waals surface area contributed by atoms with Gasteiger partial charge in [0.1, 0.15) is 4.70 Å². The molecular weight excluding hydrogens is 700 g/mol. The van der Waals surface area contributed by atoms with Crippen molar-refractivity contribution in [3.63, 3.8) is 0 Å². The number of aromatic carboxylic acids is 2. The van der Waals surface area contributed by atoms with E-state index < -0.39 is 11.9 Å². The Morgan fingerprint density at radius 1 is 0.812 bits per heavy atom. The lowest BCUT2D eigenvalue weighted by molar-refractivity contribution is -0.663. The molecule has 0 atom stereocenters. The van der Waals surface area contributed by atoms with Gasteiger partial charge in [-0.05, 0) is 71.1 Å². The molecule has 0 spiro atoms. The number of halogens is 1. The van der Waals surface area contributed by atoms with Gasteiger partial charge < -0.3 is 24.7 Å². The van der Waals surface area contributed by atoms with Crippen molar-refractivity contribution in [3.05, 3.63) is 129 Å². The molecule has 48 heavy (non-hydrogen) atoms. The van der Waals surface area contributed by atoms with Crippen molar-refractivity contribution in [1.82, 2.24) is 0 Å². The molecular formula is C37H26ClN2O4S4-. The highest BCUT2D eigenvalue weighted by Gasteiger charge is 2.29. The van der Waals surface area contributed by atoms with Crippen LogP contribution >= 0.6 is 58.2 Å². The number of anilines is 1. The van der Waals surface area contributed by atoms with Crippen molar-refractivity contribution in [3.8, 4) is 0 Å². The number of fused-ring (bicyclic) bond motifs is 4. The summed E-state index contributed by atoms with van der Waals surface area (Å²) in [5, 5.41) is 27.7. The van der Waals surface area contributed by atoms with Gasteiger partial charge in [-0.3, -0.25) is 0 Å². The standard InChI is InChI=1S/C37H27ClN2O4S4/c38-26-10-16-31-30(21-26)39(17-19-45-27-11-5-24(6-12-27)36(41)42)33(47-31)22-34-40(18-20-46-28-13-7-25(8-14-28)37(43)44)35-29-4-2-1-3-23(29)9-15-32(35)48-34/h1-16,21-22H,17-20H2,(H-,41,42,43,44)/p-1. The Kier molecular flexibility index (Phi) is 9.70. The number of aryl methyl sites for hydroxylation is 1. The van der Waals surface area contributed by atoms with Crippen LogP contribution in [0.1, 0.15) is 25.7 Å². The van der Waals surface area contributed by atoms with E-state index in [2.05, 4.69) is 58.0 Å².